The van der Waals surface area contributed by atoms with E-state index in [1.807, 2.05) is 0 Å². The summed E-state index contributed by atoms with van der Waals surface area (Å²) in [7, 11) is -3.86. The van der Waals surface area contributed by atoms with Gasteiger partial charge >= 0.3 is 0 Å². The van der Waals surface area contributed by atoms with E-state index in [0.717, 1.165) is 0 Å². The largest absolute Gasteiger partial charge is 0.398 e. The van der Waals surface area contributed by atoms with Crippen LogP contribution in [0.2, 0.25) is 0 Å². The van der Waals surface area contributed by atoms with E-state index in [9.17, 15) is 12.8 Å². The van der Waals surface area contributed by atoms with Crippen LogP contribution in [0.25, 0.3) is 0 Å². The maximum atomic E-state index is 13.5. The summed E-state index contributed by atoms with van der Waals surface area (Å²) in [6.45, 7) is 1.60. The van der Waals surface area contributed by atoms with E-state index in [1.54, 1.807) is 19.1 Å². The maximum Gasteiger partial charge on any atom is 0.262 e. The molecule has 3 N–H and O–H groups in total. The first-order valence-electron chi connectivity index (χ1n) is 5.54. The van der Waals surface area contributed by atoms with Gasteiger partial charge in [-0.1, -0.05) is 18.2 Å². The normalized spacial score (nSPS) is 11.3. The Kier molecular flexibility index (Phi) is 3.44. The fourth-order valence-corrected chi connectivity index (χ4v) is 3.01. The van der Waals surface area contributed by atoms with Crippen LogP contribution in [0.4, 0.5) is 15.8 Å². The lowest BCUT2D eigenvalue weighted by Crippen LogP contribution is -2.15. The highest BCUT2D eigenvalue weighted by atomic mass is 32.2. The Balaban J connectivity index is 2.44. The summed E-state index contributed by atoms with van der Waals surface area (Å²) in [6, 6.07) is 10.1. The van der Waals surface area contributed by atoms with E-state index in [1.165, 1.54) is 30.3 Å². The van der Waals surface area contributed by atoms with E-state index in [0.29, 0.717) is 11.3 Å². The second-order valence-corrected chi connectivity index (χ2v) is 5.71. The molecule has 6 heteroatoms. The van der Waals surface area contributed by atoms with E-state index in [-0.39, 0.29) is 10.6 Å². The third kappa shape index (κ3) is 2.68. The molecule has 0 aromatic heterocycles. The molecule has 0 fully saturated rings. The van der Waals surface area contributed by atoms with Crippen molar-refractivity contribution >= 4 is 21.4 Å². The summed E-state index contributed by atoms with van der Waals surface area (Å²) in [5.74, 6) is -0.632. The molecule has 4 nitrogen and oxygen atoms in total. The number of anilines is 2. The van der Waals surface area contributed by atoms with Gasteiger partial charge in [-0.2, -0.15) is 0 Å². The summed E-state index contributed by atoms with van der Waals surface area (Å²) in [4.78, 5) is 0.0377. The standard InChI is InChI=1S/C13H13FN2O2S/c1-9-11(15)6-4-8-13(9)19(17,18)16-12-7-3-2-5-10(12)14/h2-8,16H,15H2,1H3. The number of nitrogens with two attached hydrogens (primary N) is 1. The smallest absolute Gasteiger partial charge is 0.262 e. The first-order valence-corrected chi connectivity index (χ1v) is 7.02. The Hall–Kier alpha value is -2.08. The zero-order chi connectivity index (χ0) is 14.0. The lowest BCUT2D eigenvalue weighted by Gasteiger charge is -2.12. The Morgan fingerprint density at radius 3 is 2.47 bits per heavy atom. The number of nitrogen functional groups attached to an aromatic ring is 1. The molecule has 0 heterocycles. The van der Waals surface area contributed by atoms with Crippen molar-refractivity contribution in [2.45, 2.75) is 11.8 Å². The predicted molar refractivity (Wildman–Crippen MR) is 72.8 cm³/mol. The molecule has 0 aliphatic carbocycles. The van der Waals surface area contributed by atoms with Crippen molar-refractivity contribution in [2.24, 2.45) is 0 Å². The highest BCUT2D eigenvalue weighted by Gasteiger charge is 2.19. The fourth-order valence-electron chi connectivity index (χ4n) is 1.67. The van der Waals surface area contributed by atoms with Crippen molar-refractivity contribution in [2.75, 3.05) is 10.5 Å². The molecule has 19 heavy (non-hydrogen) atoms. The van der Waals surface area contributed by atoms with Gasteiger partial charge in [0, 0.05) is 5.69 Å². The zero-order valence-electron chi connectivity index (χ0n) is 10.2. The van der Waals surface area contributed by atoms with Crippen LogP contribution in [0, 0.1) is 12.7 Å². The molecule has 0 saturated heterocycles. The van der Waals surface area contributed by atoms with E-state index in [4.69, 9.17) is 5.73 Å². The summed E-state index contributed by atoms with van der Waals surface area (Å²) in [5, 5.41) is 0. The van der Waals surface area contributed by atoms with Crippen LogP contribution < -0.4 is 10.5 Å². The van der Waals surface area contributed by atoms with Gasteiger partial charge in [-0.3, -0.25) is 4.72 Å². The summed E-state index contributed by atoms with van der Waals surface area (Å²) in [6.07, 6.45) is 0. The molecular weight excluding hydrogens is 267 g/mol. The van der Waals surface area contributed by atoms with Crippen molar-refractivity contribution in [1.29, 1.82) is 0 Å². The third-order valence-electron chi connectivity index (χ3n) is 2.73. The molecule has 0 spiro atoms. The van der Waals surface area contributed by atoms with E-state index in [2.05, 4.69) is 4.72 Å². The minimum atomic E-state index is -3.86. The second-order valence-electron chi connectivity index (χ2n) is 4.06. The Morgan fingerprint density at radius 2 is 1.79 bits per heavy atom. The van der Waals surface area contributed by atoms with Gasteiger partial charge in [0.15, 0.2) is 0 Å². The molecule has 0 unspecified atom stereocenters. The maximum absolute atomic E-state index is 13.5. The van der Waals surface area contributed by atoms with Gasteiger partial charge in [0.05, 0.1) is 10.6 Å². The van der Waals surface area contributed by atoms with Crippen LogP contribution in [-0.2, 0) is 10.0 Å². The van der Waals surface area contributed by atoms with E-state index >= 15 is 0 Å². The quantitative estimate of drug-likeness (QED) is 0.848. The van der Waals surface area contributed by atoms with Crippen LogP contribution in [0.15, 0.2) is 47.4 Å². The number of nitrogens with one attached hydrogen (secondary N) is 1. The molecule has 0 saturated carbocycles. The second kappa shape index (κ2) is 4.89. The average Bonchev–Trinajstić information content (AvgIpc) is 2.35. The topological polar surface area (TPSA) is 72.2 Å². The van der Waals surface area contributed by atoms with Crippen LogP contribution >= 0.6 is 0 Å². The fraction of sp³-hybridized carbons (Fsp3) is 0.0769. The minimum absolute atomic E-state index is 0.0377. The Labute approximate surface area is 111 Å². The number of para-hydroxylation sites is 1. The van der Waals surface area contributed by atoms with Gasteiger partial charge in [-0.15, -0.1) is 0 Å². The molecule has 2 aromatic carbocycles. The minimum Gasteiger partial charge on any atom is -0.398 e. The van der Waals surface area contributed by atoms with Crippen molar-refractivity contribution < 1.29 is 12.8 Å². The number of sulfonamides is 1. The van der Waals surface area contributed by atoms with E-state index < -0.39 is 15.8 Å². The first-order chi connectivity index (χ1) is 8.92. The van der Waals surface area contributed by atoms with Crippen LogP contribution in [-0.4, -0.2) is 8.42 Å². The monoisotopic (exact) mass is 280 g/mol. The SMILES string of the molecule is Cc1c(N)cccc1S(=O)(=O)Nc1ccccc1F. The highest BCUT2D eigenvalue weighted by molar-refractivity contribution is 7.92. The predicted octanol–water partition coefficient (Wildman–Crippen LogP) is 2.52. The zero-order valence-corrected chi connectivity index (χ0v) is 11.0. The molecule has 100 valence electrons. The van der Waals surface area contributed by atoms with Crippen LogP contribution in [0.1, 0.15) is 5.56 Å². The van der Waals surface area contributed by atoms with Crippen molar-refractivity contribution in [3.63, 3.8) is 0 Å². The number of halogens is 1. The molecule has 0 atom stereocenters. The lowest BCUT2D eigenvalue weighted by atomic mass is 10.2. The van der Waals surface area contributed by atoms with Gasteiger partial charge in [0.25, 0.3) is 10.0 Å². The highest BCUT2D eigenvalue weighted by Crippen LogP contribution is 2.24. The van der Waals surface area contributed by atoms with Crippen molar-refractivity contribution in [3.8, 4) is 0 Å². The van der Waals surface area contributed by atoms with Crippen LogP contribution in [0.5, 0.6) is 0 Å². The summed E-state index contributed by atoms with van der Waals surface area (Å²) >= 11 is 0. The first kappa shape index (κ1) is 13.4. The third-order valence-corrected chi connectivity index (χ3v) is 4.24. The molecule has 0 amide bonds. The molecule has 0 bridgehead atoms. The average molecular weight is 280 g/mol. The van der Waals surface area contributed by atoms with Gasteiger partial charge in [-0.25, -0.2) is 12.8 Å². The Morgan fingerprint density at radius 1 is 1.11 bits per heavy atom. The van der Waals surface area contributed by atoms with Gasteiger partial charge in [0.2, 0.25) is 0 Å². The number of benzene rings is 2. The molecule has 2 rings (SSSR count). The Bertz CT molecular complexity index is 714. The number of hydrogen-bond acceptors (Lipinski definition) is 3. The molecular formula is C13H13FN2O2S. The van der Waals surface area contributed by atoms with Crippen LogP contribution in [0.3, 0.4) is 0 Å². The van der Waals surface area contributed by atoms with Gasteiger partial charge < -0.3 is 5.73 Å². The summed E-state index contributed by atoms with van der Waals surface area (Å²) < 4.78 is 40.1. The van der Waals surface area contributed by atoms with Crippen molar-refractivity contribution in [1.82, 2.24) is 0 Å². The lowest BCUT2D eigenvalue weighted by molar-refractivity contribution is 0.598. The van der Waals surface area contributed by atoms with Crippen molar-refractivity contribution in [3.05, 3.63) is 53.8 Å². The molecule has 0 aliphatic heterocycles. The molecule has 0 aliphatic rings. The van der Waals surface area contributed by atoms with Gasteiger partial charge in [0.1, 0.15) is 5.82 Å². The molecule has 2 aromatic rings. The summed E-state index contributed by atoms with van der Waals surface area (Å²) in [5.41, 5.74) is 6.39. The number of hydrogen-bond donors (Lipinski definition) is 2. The van der Waals surface area contributed by atoms with Gasteiger partial charge in [-0.05, 0) is 36.8 Å². The number of rotatable bonds is 3. The molecule has 0 radical (unpaired) electrons.